The summed E-state index contributed by atoms with van der Waals surface area (Å²) in [5.74, 6) is 0.578. The molecule has 88 valence electrons. The van der Waals surface area contributed by atoms with Crippen molar-refractivity contribution in [2.24, 2.45) is 7.05 Å². The first-order valence-corrected chi connectivity index (χ1v) is 5.44. The third kappa shape index (κ3) is 1.82. The number of nitrogens with one attached hydrogen (secondary N) is 1. The minimum atomic E-state index is -0.0906. The largest absolute Gasteiger partial charge is 0.394 e. The molecule has 2 rings (SSSR count). The van der Waals surface area contributed by atoms with Crippen molar-refractivity contribution < 1.29 is 4.79 Å². The van der Waals surface area contributed by atoms with Gasteiger partial charge in [0.25, 0.3) is 0 Å². The van der Waals surface area contributed by atoms with Crippen LogP contribution in [0.5, 0.6) is 0 Å². The van der Waals surface area contributed by atoms with Gasteiger partial charge in [0.15, 0.2) is 5.82 Å². The second-order valence-electron chi connectivity index (χ2n) is 4.10. The molecule has 2 heterocycles. The maximum atomic E-state index is 11.8. The van der Waals surface area contributed by atoms with Crippen LogP contribution in [0, 0.1) is 6.92 Å². The van der Waals surface area contributed by atoms with E-state index >= 15 is 0 Å². The Morgan fingerprint density at radius 1 is 1.44 bits per heavy atom. The van der Waals surface area contributed by atoms with E-state index in [1.54, 1.807) is 16.6 Å². The van der Waals surface area contributed by atoms with E-state index in [-0.39, 0.29) is 6.03 Å². The van der Waals surface area contributed by atoms with Crippen LogP contribution in [0.15, 0.2) is 0 Å². The Labute approximate surface area is 94.4 Å². The van der Waals surface area contributed by atoms with Crippen molar-refractivity contribution in [1.29, 1.82) is 0 Å². The van der Waals surface area contributed by atoms with Crippen LogP contribution in [0.1, 0.15) is 18.5 Å². The van der Waals surface area contributed by atoms with Gasteiger partial charge in [0.05, 0.1) is 11.4 Å². The summed E-state index contributed by atoms with van der Waals surface area (Å²) in [6, 6.07) is -0.0906. The average molecular weight is 223 g/mol. The SMILES string of the molecule is Cc1nn(C)c(NC(=O)N2CCCC2)c1N. The summed E-state index contributed by atoms with van der Waals surface area (Å²) in [5, 5.41) is 6.95. The highest BCUT2D eigenvalue weighted by atomic mass is 16.2. The first kappa shape index (κ1) is 10.8. The van der Waals surface area contributed by atoms with Gasteiger partial charge in [0.2, 0.25) is 0 Å². The molecule has 0 saturated carbocycles. The van der Waals surface area contributed by atoms with E-state index in [0.717, 1.165) is 31.6 Å². The van der Waals surface area contributed by atoms with Crippen LogP contribution < -0.4 is 11.1 Å². The molecule has 1 aromatic heterocycles. The second kappa shape index (κ2) is 4.03. The quantitative estimate of drug-likeness (QED) is 0.743. The van der Waals surface area contributed by atoms with Crippen molar-refractivity contribution >= 4 is 17.5 Å². The number of nitrogens with zero attached hydrogens (tertiary/aromatic N) is 3. The zero-order valence-electron chi connectivity index (χ0n) is 9.66. The highest BCUT2D eigenvalue weighted by Gasteiger charge is 2.20. The molecule has 0 spiro atoms. The minimum Gasteiger partial charge on any atom is -0.394 e. The molecular formula is C10H17N5O. The van der Waals surface area contributed by atoms with Crippen molar-refractivity contribution in [2.45, 2.75) is 19.8 Å². The number of hydrogen-bond acceptors (Lipinski definition) is 3. The molecule has 1 aromatic rings. The molecule has 1 aliphatic heterocycles. The fraction of sp³-hybridized carbons (Fsp3) is 0.600. The topological polar surface area (TPSA) is 76.2 Å². The molecule has 2 amide bonds. The lowest BCUT2D eigenvalue weighted by atomic mass is 10.4. The van der Waals surface area contributed by atoms with E-state index in [2.05, 4.69) is 10.4 Å². The van der Waals surface area contributed by atoms with Gasteiger partial charge in [-0.3, -0.25) is 10.00 Å². The monoisotopic (exact) mass is 223 g/mol. The lowest BCUT2D eigenvalue weighted by Gasteiger charge is -2.16. The smallest absolute Gasteiger partial charge is 0.323 e. The molecule has 6 heteroatoms. The van der Waals surface area contributed by atoms with Gasteiger partial charge in [-0.05, 0) is 19.8 Å². The summed E-state index contributed by atoms with van der Waals surface area (Å²) < 4.78 is 1.60. The van der Waals surface area contributed by atoms with E-state index in [9.17, 15) is 4.79 Å². The molecule has 0 unspecified atom stereocenters. The molecule has 1 aliphatic rings. The molecule has 0 aromatic carbocycles. The Balaban J connectivity index is 2.11. The number of likely N-dealkylation sites (tertiary alicyclic amines) is 1. The summed E-state index contributed by atoms with van der Waals surface area (Å²) in [4.78, 5) is 13.6. The predicted octanol–water partition coefficient (Wildman–Crippen LogP) is 0.938. The molecule has 1 fully saturated rings. The Kier molecular flexibility index (Phi) is 2.72. The molecule has 0 radical (unpaired) electrons. The number of rotatable bonds is 1. The molecule has 16 heavy (non-hydrogen) atoms. The van der Waals surface area contributed by atoms with Gasteiger partial charge in [0, 0.05) is 20.1 Å². The Hall–Kier alpha value is -1.72. The van der Waals surface area contributed by atoms with E-state index in [1.807, 2.05) is 6.92 Å². The number of aryl methyl sites for hydroxylation is 2. The standard InChI is InChI=1S/C10H17N5O/c1-7-8(11)9(14(2)13-7)12-10(16)15-5-3-4-6-15/h3-6,11H2,1-2H3,(H,12,16). The molecule has 1 saturated heterocycles. The number of urea groups is 1. The molecule has 0 bridgehead atoms. The first-order chi connectivity index (χ1) is 7.59. The Morgan fingerprint density at radius 3 is 2.56 bits per heavy atom. The number of nitrogen functional groups attached to an aromatic ring is 1. The van der Waals surface area contributed by atoms with Crippen LogP contribution in [-0.4, -0.2) is 33.8 Å². The fourth-order valence-electron chi connectivity index (χ4n) is 1.92. The molecule has 6 nitrogen and oxygen atoms in total. The number of hydrogen-bond donors (Lipinski definition) is 2. The third-order valence-electron chi connectivity index (χ3n) is 2.89. The van der Waals surface area contributed by atoms with Gasteiger partial charge in [-0.1, -0.05) is 0 Å². The number of anilines is 2. The van der Waals surface area contributed by atoms with E-state index < -0.39 is 0 Å². The minimum absolute atomic E-state index is 0.0906. The van der Waals surface area contributed by atoms with Crippen LogP contribution >= 0.6 is 0 Å². The summed E-state index contributed by atoms with van der Waals surface area (Å²) in [6.07, 6.45) is 2.15. The number of nitrogens with two attached hydrogens (primary N) is 1. The van der Waals surface area contributed by atoms with Crippen molar-refractivity contribution in [3.05, 3.63) is 5.69 Å². The number of carbonyl (C=O) groups is 1. The number of amides is 2. The molecule has 0 atom stereocenters. The van der Waals surface area contributed by atoms with E-state index in [1.165, 1.54) is 0 Å². The maximum Gasteiger partial charge on any atom is 0.323 e. The fourth-order valence-corrected chi connectivity index (χ4v) is 1.92. The predicted molar refractivity (Wildman–Crippen MR) is 62.2 cm³/mol. The highest BCUT2D eigenvalue weighted by molar-refractivity contribution is 5.91. The van der Waals surface area contributed by atoms with Crippen LogP contribution in [0.4, 0.5) is 16.3 Å². The van der Waals surface area contributed by atoms with Crippen molar-refractivity contribution in [3.63, 3.8) is 0 Å². The number of carbonyl (C=O) groups excluding carboxylic acids is 1. The van der Waals surface area contributed by atoms with Gasteiger partial charge in [-0.2, -0.15) is 5.10 Å². The molecular weight excluding hydrogens is 206 g/mol. The third-order valence-corrected chi connectivity index (χ3v) is 2.89. The van der Waals surface area contributed by atoms with Crippen LogP contribution in [0.3, 0.4) is 0 Å². The van der Waals surface area contributed by atoms with Crippen molar-refractivity contribution in [2.75, 3.05) is 24.1 Å². The zero-order valence-corrected chi connectivity index (χ0v) is 9.66. The summed E-state index contributed by atoms with van der Waals surface area (Å²) in [7, 11) is 1.77. The van der Waals surface area contributed by atoms with Crippen LogP contribution in [0.25, 0.3) is 0 Å². The normalized spacial score (nSPS) is 15.5. The molecule has 3 N–H and O–H groups in total. The summed E-state index contributed by atoms with van der Waals surface area (Å²) >= 11 is 0. The van der Waals surface area contributed by atoms with E-state index in [0.29, 0.717) is 11.5 Å². The van der Waals surface area contributed by atoms with Crippen molar-refractivity contribution in [3.8, 4) is 0 Å². The highest BCUT2D eigenvalue weighted by Crippen LogP contribution is 2.21. The number of aromatic nitrogens is 2. The second-order valence-corrected chi connectivity index (χ2v) is 4.10. The van der Waals surface area contributed by atoms with Crippen LogP contribution in [-0.2, 0) is 7.05 Å². The molecule has 0 aliphatic carbocycles. The lowest BCUT2D eigenvalue weighted by Crippen LogP contribution is -2.33. The maximum absolute atomic E-state index is 11.8. The van der Waals surface area contributed by atoms with Gasteiger partial charge in [-0.15, -0.1) is 0 Å². The van der Waals surface area contributed by atoms with E-state index in [4.69, 9.17) is 5.73 Å². The van der Waals surface area contributed by atoms with Crippen LogP contribution in [0.2, 0.25) is 0 Å². The van der Waals surface area contributed by atoms with Gasteiger partial charge in [-0.25, -0.2) is 4.79 Å². The summed E-state index contributed by atoms with van der Waals surface area (Å²) in [6.45, 7) is 3.46. The Morgan fingerprint density at radius 2 is 2.06 bits per heavy atom. The first-order valence-electron chi connectivity index (χ1n) is 5.44. The summed E-state index contributed by atoms with van der Waals surface area (Å²) in [5.41, 5.74) is 7.11. The van der Waals surface area contributed by atoms with Crippen molar-refractivity contribution in [1.82, 2.24) is 14.7 Å². The van der Waals surface area contributed by atoms with Gasteiger partial charge >= 0.3 is 6.03 Å². The van der Waals surface area contributed by atoms with Gasteiger partial charge < -0.3 is 10.6 Å². The Bertz CT molecular complexity index is 406. The zero-order chi connectivity index (χ0) is 11.7. The lowest BCUT2D eigenvalue weighted by molar-refractivity contribution is 0.222. The van der Waals surface area contributed by atoms with Gasteiger partial charge in [0.1, 0.15) is 0 Å². The average Bonchev–Trinajstić information content (AvgIpc) is 2.83.